The number of carbonyl (C=O) groups is 1. The molecule has 4 heteroatoms. The first-order valence-electron chi connectivity index (χ1n) is 6.34. The lowest BCUT2D eigenvalue weighted by Gasteiger charge is -2.17. The lowest BCUT2D eigenvalue weighted by molar-refractivity contribution is -0.118. The van der Waals surface area contributed by atoms with Gasteiger partial charge in [-0.25, -0.2) is 0 Å². The van der Waals surface area contributed by atoms with Crippen molar-refractivity contribution in [3.8, 4) is 5.75 Å². The summed E-state index contributed by atoms with van der Waals surface area (Å²) in [4.78, 5) is 11.9. The van der Waals surface area contributed by atoms with E-state index in [1.165, 1.54) is 0 Å². The average Bonchev–Trinajstić information content (AvgIpc) is 2.36. The van der Waals surface area contributed by atoms with Crippen LogP contribution in [-0.4, -0.2) is 18.6 Å². The van der Waals surface area contributed by atoms with Crippen molar-refractivity contribution in [1.29, 1.82) is 0 Å². The van der Waals surface area contributed by atoms with E-state index in [-0.39, 0.29) is 11.8 Å². The predicted molar refractivity (Wildman–Crippen MR) is 73.7 cm³/mol. The molecule has 1 aromatic carbocycles. The van der Waals surface area contributed by atoms with Crippen LogP contribution < -0.4 is 15.8 Å². The van der Waals surface area contributed by atoms with Crippen LogP contribution in [0.2, 0.25) is 0 Å². The van der Waals surface area contributed by atoms with E-state index in [9.17, 15) is 4.79 Å². The lowest BCUT2D eigenvalue weighted by Crippen LogP contribution is -2.39. The van der Waals surface area contributed by atoms with Gasteiger partial charge in [-0.05, 0) is 24.5 Å². The molecule has 0 aliphatic heterocycles. The van der Waals surface area contributed by atoms with Crippen molar-refractivity contribution in [2.24, 2.45) is 11.7 Å². The highest BCUT2D eigenvalue weighted by atomic mass is 16.5. The van der Waals surface area contributed by atoms with E-state index in [1.54, 1.807) is 0 Å². The SMILES string of the molecule is CCCOc1ccccc1NC(=O)[C@H](N)C(C)C. The fourth-order valence-corrected chi connectivity index (χ4v) is 1.43. The highest BCUT2D eigenvalue weighted by Crippen LogP contribution is 2.24. The first-order chi connectivity index (χ1) is 8.56. The van der Waals surface area contributed by atoms with Gasteiger partial charge in [0.05, 0.1) is 18.3 Å². The Balaban J connectivity index is 2.74. The molecule has 0 unspecified atom stereocenters. The molecular weight excluding hydrogens is 228 g/mol. The van der Waals surface area contributed by atoms with Crippen LogP contribution in [0.25, 0.3) is 0 Å². The first kappa shape index (κ1) is 14.5. The number of ether oxygens (including phenoxy) is 1. The smallest absolute Gasteiger partial charge is 0.241 e. The zero-order valence-corrected chi connectivity index (χ0v) is 11.3. The number of benzene rings is 1. The Labute approximate surface area is 109 Å². The molecule has 18 heavy (non-hydrogen) atoms. The van der Waals surface area contributed by atoms with Gasteiger partial charge in [0, 0.05) is 0 Å². The third-order valence-electron chi connectivity index (χ3n) is 2.63. The van der Waals surface area contributed by atoms with Gasteiger partial charge in [-0.3, -0.25) is 4.79 Å². The maximum atomic E-state index is 11.9. The second-order valence-corrected chi connectivity index (χ2v) is 4.60. The van der Waals surface area contributed by atoms with Crippen LogP contribution in [0.15, 0.2) is 24.3 Å². The molecule has 0 heterocycles. The molecule has 1 atom stereocenters. The Bertz CT molecular complexity index is 391. The Morgan fingerprint density at radius 1 is 1.39 bits per heavy atom. The number of nitrogens with two attached hydrogens (primary N) is 1. The summed E-state index contributed by atoms with van der Waals surface area (Å²) in [5.74, 6) is 0.606. The zero-order valence-electron chi connectivity index (χ0n) is 11.3. The molecule has 0 aliphatic rings. The Hall–Kier alpha value is -1.55. The number of rotatable bonds is 6. The Morgan fingerprint density at radius 3 is 2.67 bits per heavy atom. The fourth-order valence-electron chi connectivity index (χ4n) is 1.43. The van der Waals surface area contributed by atoms with Gasteiger partial charge in [-0.1, -0.05) is 32.9 Å². The van der Waals surface area contributed by atoms with Gasteiger partial charge in [0.2, 0.25) is 5.91 Å². The number of amides is 1. The molecule has 1 aromatic rings. The van der Waals surface area contributed by atoms with Crippen molar-refractivity contribution in [3.05, 3.63) is 24.3 Å². The lowest BCUT2D eigenvalue weighted by atomic mass is 10.0. The summed E-state index contributed by atoms with van der Waals surface area (Å²) in [6.45, 7) is 6.51. The van der Waals surface area contributed by atoms with E-state index < -0.39 is 6.04 Å². The van der Waals surface area contributed by atoms with Crippen LogP contribution >= 0.6 is 0 Å². The second kappa shape index (κ2) is 7.01. The minimum absolute atomic E-state index is 0.105. The maximum Gasteiger partial charge on any atom is 0.241 e. The molecule has 1 rings (SSSR count). The normalized spacial score (nSPS) is 12.3. The highest BCUT2D eigenvalue weighted by Gasteiger charge is 2.18. The predicted octanol–water partition coefficient (Wildman–Crippen LogP) is 2.40. The van der Waals surface area contributed by atoms with Crippen LogP contribution in [0.3, 0.4) is 0 Å². The molecule has 0 radical (unpaired) electrons. The van der Waals surface area contributed by atoms with E-state index >= 15 is 0 Å². The summed E-state index contributed by atoms with van der Waals surface area (Å²) in [7, 11) is 0. The average molecular weight is 250 g/mol. The van der Waals surface area contributed by atoms with Gasteiger partial charge in [0.25, 0.3) is 0 Å². The summed E-state index contributed by atoms with van der Waals surface area (Å²) >= 11 is 0. The molecule has 0 aromatic heterocycles. The molecule has 3 N–H and O–H groups in total. The molecular formula is C14H22N2O2. The van der Waals surface area contributed by atoms with E-state index in [0.29, 0.717) is 18.0 Å². The van der Waals surface area contributed by atoms with E-state index in [0.717, 1.165) is 6.42 Å². The topological polar surface area (TPSA) is 64.3 Å². The summed E-state index contributed by atoms with van der Waals surface area (Å²) in [6.07, 6.45) is 0.924. The van der Waals surface area contributed by atoms with E-state index in [2.05, 4.69) is 5.32 Å². The number of carbonyl (C=O) groups excluding carboxylic acids is 1. The van der Waals surface area contributed by atoms with Gasteiger partial charge < -0.3 is 15.8 Å². The quantitative estimate of drug-likeness (QED) is 0.814. The zero-order chi connectivity index (χ0) is 13.5. The van der Waals surface area contributed by atoms with Crippen molar-refractivity contribution in [1.82, 2.24) is 0 Å². The number of anilines is 1. The van der Waals surface area contributed by atoms with Gasteiger partial charge in [0.1, 0.15) is 5.75 Å². The van der Waals surface area contributed by atoms with Crippen LogP contribution in [0.4, 0.5) is 5.69 Å². The van der Waals surface area contributed by atoms with Gasteiger partial charge in [-0.15, -0.1) is 0 Å². The van der Waals surface area contributed by atoms with Crippen molar-refractivity contribution >= 4 is 11.6 Å². The molecule has 1 amide bonds. The molecule has 0 bridgehead atoms. The molecule has 0 spiro atoms. The summed E-state index contributed by atoms with van der Waals surface area (Å²) in [6, 6.07) is 6.88. The minimum Gasteiger partial charge on any atom is -0.491 e. The molecule has 0 saturated heterocycles. The standard InChI is InChI=1S/C14H22N2O2/c1-4-9-18-12-8-6-5-7-11(12)16-14(17)13(15)10(2)3/h5-8,10,13H,4,9,15H2,1-3H3,(H,16,17)/t13-/m1/s1. The summed E-state index contributed by atoms with van der Waals surface area (Å²) in [5, 5.41) is 2.81. The largest absolute Gasteiger partial charge is 0.491 e. The van der Waals surface area contributed by atoms with Crippen LogP contribution in [0.5, 0.6) is 5.75 Å². The van der Waals surface area contributed by atoms with Crippen molar-refractivity contribution in [3.63, 3.8) is 0 Å². The van der Waals surface area contributed by atoms with Crippen molar-refractivity contribution in [2.45, 2.75) is 33.2 Å². The van der Waals surface area contributed by atoms with Gasteiger partial charge >= 0.3 is 0 Å². The third-order valence-corrected chi connectivity index (χ3v) is 2.63. The van der Waals surface area contributed by atoms with Crippen LogP contribution in [0, 0.1) is 5.92 Å². The number of para-hydroxylation sites is 2. The number of hydrogen-bond acceptors (Lipinski definition) is 3. The van der Waals surface area contributed by atoms with Crippen LogP contribution in [-0.2, 0) is 4.79 Å². The molecule has 0 aliphatic carbocycles. The van der Waals surface area contributed by atoms with Crippen molar-refractivity contribution < 1.29 is 9.53 Å². The third kappa shape index (κ3) is 4.04. The maximum absolute atomic E-state index is 11.9. The van der Waals surface area contributed by atoms with E-state index in [4.69, 9.17) is 10.5 Å². The fraction of sp³-hybridized carbons (Fsp3) is 0.500. The minimum atomic E-state index is -0.510. The number of nitrogens with one attached hydrogen (secondary N) is 1. The van der Waals surface area contributed by atoms with Gasteiger partial charge in [0.15, 0.2) is 0 Å². The molecule has 0 saturated carbocycles. The van der Waals surface area contributed by atoms with Crippen molar-refractivity contribution in [2.75, 3.05) is 11.9 Å². The molecule has 100 valence electrons. The highest BCUT2D eigenvalue weighted by molar-refractivity contribution is 5.96. The monoisotopic (exact) mass is 250 g/mol. The summed E-state index contributed by atoms with van der Waals surface area (Å²) in [5.41, 5.74) is 6.48. The van der Waals surface area contributed by atoms with E-state index in [1.807, 2.05) is 45.0 Å². The van der Waals surface area contributed by atoms with Gasteiger partial charge in [-0.2, -0.15) is 0 Å². The second-order valence-electron chi connectivity index (χ2n) is 4.60. The van der Waals surface area contributed by atoms with Crippen LogP contribution in [0.1, 0.15) is 27.2 Å². The Morgan fingerprint density at radius 2 is 2.06 bits per heavy atom. The number of hydrogen-bond donors (Lipinski definition) is 2. The molecule has 4 nitrogen and oxygen atoms in total. The molecule has 0 fully saturated rings. The first-order valence-corrected chi connectivity index (χ1v) is 6.34. The Kier molecular flexibility index (Phi) is 5.65. The summed E-state index contributed by atoms with van der Waals surface area (Å²) < 4.78 is 5.57.